The van der Waals surface area contributed by atoms with Gasteiger partial charge in [-0.25, -0.2) is 8.78 Å². The third kappa shape index (κ3) is 8.43. The molecule has 5 nitrogen and oxygen atoms in total. The molecule has 0 heterocycles. The van der Waals surface area contributed by atoms with Crippen LogP contribution in [0.15, 0.2) is 34.8 Å². The molecule has 0 spiro atoms. The van der Waals surface area contributed by atoms with Crippen molar-refractivity contribution in [2.45, 2.75) is 59.3 Å². The summed E-state index contributed by atoms with van der Waals surface area (Å²) in [7, 11) is 1.55. The number of benzene rings is 1. The van der Waals surface area contributed by atoms with Gasteiger partial charge in [-0.1, -0.05) is 18.9 Å². The summed E-state index contributed by atoms with van der Waals surface area (Å²) < 4.78 is 27.2. The number of unbranched alkanes of at least 4 members (excludes halogenated alkanes) is 1. The van der Waals surface area contributed by atoms with Crippen LogP contribution in [0.2, 0.25) is 0 Å². The van der Waals surface area contributed by atoms with E-state index in [0.29, 0.717) is 24.4 Å². The van der Waals surface area contributed by atoms with E-state index in [0.717, 1.165) is 31.4 Å². The average Bonchev–Trinajstić information content (AvgIpc) is 2.66. The van der Waals surface area contributed by atoms with Crippen LogP contribution in [0.3, 0.4) is 0 Å². The molecule has 0 aliphatic heterocycles. The number of nitrogens with zero attached hydrogens (tertiary/aromatic N) is 2. The summed E-state index contributed by atoms with van der Waals surface area (Å²) in [6.07, 6.45) is 3.81. The van der Waals surface area contributed by atoms with Gasteiger partial charge in [-0.15, -0.1) is 0 Å². The molecule has 0 aromatic heterocycles. The Hall–Kier alpha value is -2.57. The second-order valence-electron chi connectivity index (χ2n) is 7.60. The number of alkyl halides is 2. The monoisotopic (exact) mass is 422 g/mol. The molecule has 0 atom stereocenters. The first-order chi connectivity index (χ1) is 14.0. The first kappa shape index (κ1) is 25.5. The molecular formula is C23H32F2N2O3. The minimum atomic E-state index is -3.07. The molecule has 1 N–H and O–H groups in total. The standard InChI is InChI=1S/C23H32F2N2O3/c1-6-7-10-27(15-16(2)11-21(26-5)17(3)28)22(30)9-8-18-12-19(23(4,24)25)14-20(29)13-18/h11-14,29H,6-10,15H2,1-5H3/b16-11+,26-21?. The number of ketones is 1. The fourth-order valence-corrected chi connectivity index (χ4v) is 3.03. The van der Waals surface area contributed by atoms with Crippen LogP contribution in [0, 0.1) is 0 Å². The summed E-state index contributed by atoms with van der Waals surface area (Å²) in [5.41, 5.74) is 1.39. The van der Waals surface area contributed by atoms with Crippen molar-refractivity contribution >= 4 is 17.4 Å². The van der Waals surface area contributed by atoms with Gasteiger partial charge in [0, 0.05) is 46.0 Å². The highest BCUT2D eigenvalue weighted by atomic mass is 19.3. The number of aryl methyl sites for hydroxylation is 1. The number of amides is 1. The maximum atomic E-state index is 13.6. The number of rotatable bonds is 11. The van der Waals surface area contributed by atoms with E-state index in [9.17, 15) is 23.5 Å². The van der Waals surface area contributed by atoms with Crippen molar-refractivity contribution in [3.05, 3.63) is 41.0 Å². The lowest BCUT2D eigenvalue weighted by Gasteiger charge is -2.23. The minimum absolute atomic E-state index is 0.109. The summed E-state index contributed by atoms with van der Waals surface area (Å²) in [4.78, 5) is 30.0. The molecule has 0 bridgehead atoms. The van der Waals surface area contributed by atoms with Gasteiger partial charge in [0.2, 0.25) is 5.91 Å². The molecule has 0 unspecified atom stereocenters. The van der Waals surface area contributed by atoms with Gasteiger partial charge < -0.3 is 10.0 Å². The Morgan fingerprint density at radius 2 is 1.90 bits per heavy atom. The van der Waals surface area contributed by atoms with Gasteiger partial charge in [0.05, 0.1) is 5.71 Å². The number of carbonyl (C=O) groups excluding carboxylic acids is 2. The van der Waals surface area contributed by atoms with Gasteiger partial charge in [-0.2, -0.15) is 0 Å². The van der Waals surface area contributed by atoms with E-state index >= 15 is 0 Å². The van der Waals surface area contributed by atoms with Gasteiger partial charge in [0.25, 0.3) is 5.92 Å². The molecule has 7 heteroatoms. The third-order valence-corrected chi connectivity index (χ3v) is 4.67. The number of carbonyl (C=O) groups is 2. The molecule has 1 amide bonds. The number of aliphatic imine (C=N–C) groups is 1. The SMILES string of the molecule is CCCCN(C/C(C)=C/C(=NC)C(C)=O)C(=O)CCc1cc(O)cc(C(C)(F)F)c1. The Morgan fingerprint density at radius 3 is 2.43 bits per heavy atom. The van der Waals surface area contributed by atoms with E-state index in [4.69, 9.17) is 0 Å². The zero-order valence-corrected chi connectivity index (χ0v) is 18.5. The van der Waals surface area contributed by atoms with E-state index in [-0.39, 0.29) is 35.8 Å². The highest BCUT2D eigenvalue weighted by Gasteiger charge is 2.25. The lowest BCUT2D eigenvalue weighted by atomic mass is 10.0. The summed E-state index contributed by atoms with van der Waals surface area (Å²) in [5.74, 6) is -3.56. The Balaban J connectivity index is 2.91. The Kier molecular flexibility index (Phi) is 9.82. The first-order valence-corrected chi connectivity index (χ1v) is 10.1. The van der Waals surface area contributed by atoms with Gasteiger partial charge in [-0.3, -0.25) is 14.6 Å². The lowest BCUT2D eigenvalue weighted by molar-refractivity contribution is -0.130. The summed E-state index contributed by atoms with van der Waals surface area (Å²) in [6.45, 7) is 7.01. The van der Waals surface area contributed by atoms with Crippen LogP contribution in [0.25, 0.3) is 0 Å². The van der Waals surface area contributed by atoms with Crippen LogP contribution in [-0.4, -0.2) is 47.5 Å². The zero-order chi connectivity index (χ0) is 22.9. The number of hydrogen-bond acceptors (Lipinski definition) is 4. The second-order valence-corrected chi connectivity index (χ2v) is 7.60. The normalized spacial score (nSPS) is 12.8. The van der Waals surface area contributed by atoms with Crippen LogP contribution < -0.4 is 0 Å². The summed E-state index contributed by atoms with van der Waals surface area (Å²) in [6, 6.07) is 3.77. The lowest BCUT2D eigenvalue weighted by Crippen LogP contribution is -2.33. The molecule has 30 heavy (non-hydrogen) atoms. The molecule has 166 valence electrons. The minimum Gasteiger partial charge on any atom is -0.508 e. The smallest absolute Gasteiger partial charge is 0.270 e. The number of Topliss-reactive ketones (excluding diaryl/α,β-unsaturated/α-hetero) is 1. The predicted molar refractivity (Wildman–Crippen MR) is 115 cm³/mol. The highest BCUT2D eigenvalue weighted by molar-refractivity contribution is 6.43. The molecule has 1 aromatic carbocycles. The second kappa shape index (κ2) is 11.6. The fraction of sp³-hybridized carbons (Fsp3) is 0.522. The van der Waals surface area contributed by atoms with E-state index < -0.39 is 5.92 Å². The van der Waals surface area contributed by atoms with Crippen molar-refractivity contribution < 1.29 is 23.5 Å². The topological polar surface area (TPSA) is 70.0 Å². The fourth-order valence-electron chi connectivity index (χ4n) is 3.03. The number of phenols is 1. The number of aromatic hydroxyl groups is 1. The van der Waals surface area contributed by atoms with Gasteiger partial charge in [0.1, 0.15) is 5.75 Å². The van der Waals surface area contributed by atoms with E-state index in [1.807, 2.05) is 13.8 Å². The molecule has 1 aromatic rings. The van der Waals surface area contributed by atoms with E-state index in [1.54, 1.807) is 18.0 Å². The van der Waals surface area contributed by atoms with Crippen molar-refractivity contribution in [2.75, 3.05) is 20.1 Å². The van der Waals surface area contributed by atoms with Crippen LogP contribution in [-0.2, 0) is 21.9 Å². The molecule has 0 aliphatic carbocycles. The van der Waals surface area contributed by atoms with Crippen molar-refractivity contribution in [3.8, 4) is 5.75 Å². The Bertz CT molecular complexity index is 811. The largest absolute Gasteiger partial charge is 0.508 e. The van der Waals surface area contributed by atoms with Crippen LogP contribution >= 0.6 is 0 Å². The number of hydrogen-bond donors (Lipinski definition) is 1. The summed E-state index contributed by atoms with van der Waals surface area (Å²) >= 11 is 0. The van der Waals surface area contributed by atoms with Crippen LogP contribution in [0.1, 0.15) is 58.1 Å². The van der Waals surface area contributed by atoms with Crippen molar-refractivity contribution in [3.63, 3.8) is 0 Å². The molecule has 1 rings (SSSR count). The molecule has 0 aliphatic rings. The first-order valence-electron chi connectivity index (χ1n) is 10.1. The average molecular weight is 423 g/mol. The number of allylic oxidation sites excluding steroid dienone is 1. The van der Waals surface area contributed by atoms with Crippen LogP contribution in [0.5, 0.6) is 5.75 Å². The maximum Gasteiger partial charge on any atom is 0.270 e. The molecule has 0 radical (unpaired) electrons. The Labute approximate surface area is 177 Å². The van der Waals surface area contributed by atoms with Crippen LogP contribution in [0.4, 0.5) is 8.78 Å². The highest BCUT2D eigenvalue weighted by Crippen LogP contribution is 2.30. The van der Waals surface area contributed by atoms with Crippen molar-refractivity contribution in [2.24, 2.45) is 4.99 Å². The third-order valence-electron chi connectivity index (χ3n) is 4.67. The number of halogens is 2. The maximum absolute atomic E-state index is 13.6. The summed E-state index contributed by atoms with van der Waals surface area (Å²) in [5, 5.41) is 9.74. The Morgan fingerprint density at radius 1 is 1.23 bits per heavy atom. The molecule has 0 saturated carbocycles. The van der Waals surface area contributed by atoms with Gasteiger partial charge >= 0.3 is 0 Å². The van der Waals surface area contributed by atoms with Crippen molar-refractivity contribution in [1.82, 2.24) is 4.90 Å². The van der Waals surface area contributed by atoms with E-state index in [1.165, 1.54) is 19.1 Å². The van der Waals surface area contributed by atoms with E-state index in [2.05, 4.69) is 4.99 Å². The molecular weight excluding hydrogens is 390 g/mol. The number of phenolic OH excluding ortho intramolecular Hbond substituents is 1. The zero-order valence-electron chi connectivity index (χ0n) is 18.5. The van der Waals surface area contributed by atoms with Gasteiger partial charge in [-0.05, 0) is 49.6 Å². The van der Waals surface area contributed by atoms with Gasteiger partial charge in [0.15, 0.2) is 5.78 Å². The predicted octanol–water partition coefficient (Wildman–Crippen LogP) is 4.67. The molecule has 0 saturated heterocycles. The quantitative estimate of drug-likeness (QED) is 0.527. The molecule has 0 fully saturated rings. The van der Waals surface area contributed by atoms with Crippen molar-refractivity contribution in [1.29, 1.82) is 0 Å².